The zero-order valence-corrected chi connectivity index (χ0v) is 22.0. The van der Waals surface area contributed by atoms with Gasteiger partial charge in [-0.15, -0.1) is 0 Å². The molecule has 0 spiro atoms. The van der Waals surface area contributed by atoms with E-state index in [9.17, 15) is 9.90 Å². The van der Waals surface area contributed by atoms with E-state index in [1.54, 1.807) is 30.3 Å². The summed E-state index contributed by atoms with van der Waals surface area (Å²) in [7, 11) is 1.47. The molecule has 5 rings (SSSR count). The maximum Gasteiger partial charge on any atom is 0.271 e. The van der Waals surface area contributed by atoms with Crippen LogP contribution in [0.25, 0.3) is 11.1 Å². The van der Waals surface area contributed by atoms with Gasteiger partial charge in [0.1, 0.15) is 0 Å². The van der Waals surface area contributed by atoms with Gasteiger partial charge in [0, 0.05) is 11.1 Å². The first-order valence-electron chi connectivity index (χ1n) is 12.9. The lowest BCUT2D eigenvalue weighted by atomic mass is 9.85. The van der Waals surface area contributed by atoms with Crippen molar-refractivity contribution < 1.29 is 14.6 Å². The third-order valence-corrected chi connectivity index (χ3v) is 6.49. The largest absolute Gasteiger partial charge is 0.504 e. The number of ether oxygens (including phenoxy) is 1. The third kappa shape index (κ3) is 5.84. The molecule has 40 heavy (non-hydrogen) atoms. The van der Waals surface area contributed by atoms with E-state index in [0.29, 0.717) is 16.9 Å². The molecule has 2 N–H and O–H groups in total. The number of hydrogen-bond donors (Lipinski definition) is 2. The fourth-order valence-electron chi connectivity index (χ4n) is 4.55. The van der Waals surface area contributed by atoms with Gasteiger partial charge in [-0.05, 0) is 57.7 Å². The lowest BCUT2D eigenvalue weighted by molar-refractivity contribution is 0.0955. The van der Waals surface area contributed by atoms with E-state index >= 15 is 0 Å². The number of benzene rings is 5. The number of phenolic OH excluding ortho intramolecular Hbond substituents is 1. The van der Waals surface area contributed by atoms with Crippen LogP contribution < -0.4 is 10.2 Å². The second kappa shape index (κ2) is 12.4. The molecule has 0 saturated carbocycles. The molecule has 0 aliphatic heterocycles. The molecule has 0 radical (unpaired) electrons. The summed E-state index contributed by atoms with van der Waals surface area (Å²) in [5, 5.41) is 14.2. The van der Waals surface area contributed by atoms with Crippen molar-refractivity contribution in [3.05, 3.63) is 167 Å². The number of para-hydroxylation sites is 1. The van der Waals surface area contributed by atoms with E-state index in [4.69, 9.17) is 4.74 Å². The number of phenols is 1. The maximum absolute atomic E-state index is 12.8. The van der Waals surface area contributed by atoms with Gasteiger partial charge in [-0.3, -0.25) is 4.79 Å². The highest BCUT2D eigenvalue weighted by Crippen LogP contribution is 2.36. The van der Waals surface area contributed by atoms with Crippen molar-refractivity contribution in [2.45, 2.75) is 0 Å². The molecule has 0 bridgehead atoms. The second-order valence-corrected chi connectivity index (χ2v) is 9.02. The summed E-state index contributed by atoms with van der Waals surface area (Å²) in [6.07, 6.45) is 1.38. The van der Waals surface area contributed by atoms with Crippen LogP contribution in [0.3, 0.4) is 0 Å². The highest BCUT2D eigenvalue weighted by Gasteiger charge is 2.16. The van der Waals surface area contributed by atoms with Crippen molar-refractivity contribution in [1.29, 1.82) is 0 Å². The summed E-state index contributed by atoms with van der Waals surface area (Å²) >= 11 is 0. The number of amides is 1. The van der Waals surface area contributed by atoms with Crippen LogP contribution >= 0.6 is 0 Å². The number of hydrogen-bond acceptors (Lipinski definition) is 4. The summed E-state index contributed by atoms with van der Waals surface area (Å²) in [5.74, 6) is -0.0690. The van der Waals surface area contributed by atoms with E-state index in [2.05, 4.69) is 46.9 Å². The van der Waals surface area contributed by atoms with Gasteiger partial charge in [0.05, 0.1) is 13.3 Å². The number of methoxy groups -OCH3 is 1. The molecule has 5 nitrogen and oxygen atoms in total. The summed E-state index contributed by atoms with van der Waals surface area (Å²) in [6, 6.07) is 43.5. The topological polar surface area (TPSA) is 70.9 Å². The fourth-order valence-corrected chi connectivity index (χ4v) is 4.55. The van der Waals surface area contributed by atoms with Crippen molar-refractivity contribution in [3.63, 3.8) is 0 Å². The molecule has 5 aromatic carbocycles. The predicted molar refractivity (Wildman–Crippen MR) is 161 cm³/mol. The zero-order chi connectivity index (χ0) is 27.7. The standard InChI is InChI=1S/C35H28N2O3/c1-40-31-19-11-18-30(34(31)38)24-36-37-35(39)29-22-20-28(21-23-29)33(27-16-9-4-10-17-27)32(25-12-5-2-6-13-25)26-14-7-3-8-15-26/h2-24,38H,1H3,(H,37,39). The van der Waals surface area contributed by atoms with Gasteiger partial charge in [-0.2, -0.15) is 5.10 Å². The summed E-state index contributed by atoms with van der Waals surface area (Å²) in [4.78, 5) is 12.8. The van der Waals surface area contributed by atoms with E-state index in [1.807, 2.05) is 66.7 Å². The predicted octanol–water partition coefficient (Wildman–Crippen LogP) is 7.17. The summed E-state index contributed by atoms with van der Waals surface area (Å²) < 4.78 is 5.12. The molecule has 196 valence electrons. The van der Waals surface area contributed by atoms with E-state index in [-0.39, 0.29) is 11.7 Å². The Morgan fingerprint density at radius 2 is 1.07 bits per heavy atom. The second-order valence-electron chi connectivity index (χ2n) is 9.02. The van der Waals surface area contributed by atoms with Crippen LogP contribution in [-0.2, 0) is 0 Å². The quantitative estimate of drug-likeness (QED) is 0.128. The average Bonchev–Trinajstić information content (AvgIpc) is 3.02. The average molecular weight is 525 g/mol. The number of nitrogens with zero attached hydrogens (tertiary/aromatic N) is 1. The monoisotopic (exact) mass is 524 g/mol. The van der Waals surface area contributed by atoms with E-state index in [1.165, 1.54) is 13.3 Å². The van der Waals surface area contributed by atoms with Crippen LogP contribution in [0.15, 0.2) is 139 Å². The SMILES string of the molecule is COc1cccc(C=NNC(=O)c2ccc(C(=C(c3ccccc3)c3ccccc3)c3ccccc3)cc2)c1O. The maximum atomic E-state index is 12.8. The molecule has 0 heterocycles. The van der Waals surface area contributed by atoms with Gasteiger partial charge in [-0.1, -0.05) is 109 Å². The number of carbonyl (C=O) groups excluding carboxylic acids is 1. The van der Waals surface area contributed by atoms with Crippen LogP contribution in [0.4, 0.5) is 0 Å². The Morgan fingerprint density at radius 1 is 0.625 bits per heavy atom. The Morgan fingerprint density at radius 3 is 1.55 bits per heavy atom. The summed E-state index contributed by atoms with van der Waals surface area (Å²) in [6.45, 7) is 0. The van der Waals surface area contributed by atoms with Gasteiger partial charge in [-0.25, -0.2) is 5.43 Å². The molecule has 0 aliphatic rings. The minimum absolute atomic E-state index is 0.0415. The normalized spacial score (nSPS) is 10.7. The number of rotatable bonds is 8. The molecule has 0 unspecified atom stereocenters. The molecule has 0 aliphatic carbocycles. The van der Waals surface area contributed by atoms with E-state index < -0.39 is 0 Å². The van der Waals surface area contributed by atoms with Crippen LogP contribution in [0.5, 0.6) is 11.5 Å². The highest BCUT2D eigenvalue weighted by molar-refractivity contribution is 6.05. The van der Waals surface area contributed by atoms with Gasteiger partial charge in [0.2, 0.25) is 0 Å². The van der Waals surface area contributed by atoms with Crippen LogP contribution in [0.1, 0.15) is 38.2 Å². The molecule has 0 atom stereocenters. The Bertz CT molecular complexity index is 1600. The number of aromatic hydroxyl groups is 1. The minimum Gasteiger partial charge on any atom is -0.504 e. The highest BCUT2D eigenvalue weighted by atomic mass is 16.5. The Hall–Kier alpha value is -5.42. The molecular weight excluding hydrogens is 496 g/mol. The number of nitrogens with one attached hydrogen (secondary N) is 1. The third-order valence-electron chi connectivity index (χ3n) is 6.49. The molecular formula is C35H28N2O3. The number of hydrazone groups is 1. The molecule has 0 fully saturated rings. The zero-order valence-electron chi connectivity index (χ0n) is 22.0. The smallest absolute Gasteiger partial charge is 0.271 e. The van der Waals surface area contributed by atoms with Crippen LogP contribution in [-0.4, -0.2) is 24.3 Å². The van der Waals surface area contributed by atoms with Crippen molar-refractivity contribution in [1.82, 2.24) is 5.43 Å². The molecule has 5 heteroatoms. The summed E-state index contributed by atoms with van der Waals surface area (Å²) in [5.41, 5.74) is 9.86. The first-order valence-corrected chi connectivity index (χ1v) is 12.9. The fraction of sp³-hybridized carbons (Fsp3) is 0.0286. The molecule has 5 aromatic rings. The van der Waals surface area contributed by atoms with Gasteiger partial charge < -0.3 is 9.84 Å². The first-order chi connectivity index (χ1) is 19.7. The lowest BCUT2D eigenvalue weighted by Crippen LogP contribution is -2.17. The molecule has 1 amide bonds. The van der Waals surface area contributed by atoms with Crippen LogP contribution in [0, 0.1) is 0 Å². The van der Waals surface area contributed by atoms with E-state index in [0.717, 1.165) is 33.4 Å². The first kappa shape index (κ1) is 26.2. The molecule has 0 aromatic heterocycles. The minimum atomic E-state index is -0.359. The molecule has 0 saturated heterocycles. The van der Waals surface area contributed by atoms with Crippen LogP contribution in [0.2, 0.25) is 0 Å². The number of carbonyl (C=O) groups is 1. The van der Waals surface area contributed by atoms with Crippen molar-refractivity contribution in [3.8, 4) is 11.5 Å². The van der Waals surface area contributed by atoms with Gasteiger partial charge in [0.25, 0.3) is 5.91 Å². The Kier molecular flexibility index (Phi) is 8.13. The van der Waals surface area contributed by atoms with Gasteiger partial charge in [0.15, 0.2) is 11.5 Å². The van der Waals surface area contributed by atoms with Gasteiger partial charge >= 0.3 is 0 Å². The van der Waals surface area contributed by atoms with Crippen molar-refractivity contribution in [2.24, 2.45) is 5.10 Å². The Balaban J connectivity index is 1.50. The van der Waals surface area contributed by atoms with Crippen molar-refractivity contribution >= 4 is 23.3 Å². The van der Waals surface area contributed by atoms with Crippen molar-refractivity contribution in [2.75, 3.05) is 7.11 Å². The lowest BCUT2D eigenvalue weighted by Gasteiger charge is -2.18. The Labute approximate surface area is 233 Å².